The predicted octanol–water partition coefficient (Wildman–Crippen LogP) is 3.88. The van der Waals surface area contributed by atoms with Crippen LogP contribution >= 0.6 is 0 Å². The number of H-pyrrole nitrogens is 1. The van der Waals surface area contributed by atoms with Crippen LogP contribution in [0.2, 0.25) is 0 Å². The molecule has 0 saturated heterocycles. The lowest BCUT2D eigenvalue weighted by molar-refractivity contribution is 0.102. The fourth-order valence-corrected chi connectivity index (χ4v) is 3.80. The highest BCUT2D eigenvalue weighted by Gasteiger charge is 2.25. The first-order chi connectivity index (χ1) is 16.6. The van der Waals surface area contributed by atoms with Crippen molar-refractivity contribution in [2.45, 2.75) is 6.54 Å². The van der Waals surface area contributed by atoms with Gasteiger partial charge in [-0.2, -0.15) is 15.5 Å². The van der Waals surface area contributed by atoms with Crippen molar-refractivity contribution in [3.05, 3.63) is 96.1 Å². The second kappa shape index (κ2) is 8.88. The van der Waals surface area contributed by atoms with Crippen molar-refractivity contribution in [2.75, 3.05) is 17.3 Å². The third-order valence-electron chi connectivity index (χ3n) is 5.42. The van der Waals surface area contributed by atoms with Gasteiger partial charge in [0, 0.05) is 37.2 Å². The second-order valence-corrected chi connectivity index (χ2v) is 7.73. The van der Waals surface area contributed by atoms with Gasteiger partial charge in [-0.1, -0.05) is 30.3 Å². The van der Waals surface area contributed by atoms with E-state index >= 15 is 0 Å². The summed E-state index contributed by atoms with van der Waals surface area (Å²) in [4.78, 5) is 19.9. The Hall–Kier alpha value is -4.97. The van der Waals surface area contributed by atoms with Crippen LogP contribution in [0.3, 0.4) is 0 Å². The smallest absolute Gasteiger partial charge is 0.278 e. The van der Waals surface area contributed by atoms with Crippen LogP contribution in [-0.4, -0.2) is 37.8 Å². The number of benzene rings is 2. The van der Waals surface area contributed by atoms with Crippen molar-refractivity contribution < 1.29 is 4.79 Å². The molecular weight excluding hydrogens is 428 g/mol. The Morgan fingerprint density at radius 2 is 1.94 bits per heavy atom. The van der Waals surface area contributed by atoms with Gasteiger partial charge in [0.2, 0.25) is 0 Å². The molecule has 5 aromatic rings. The number of amides is 1. The zero-order valence-corrected chi connectivity index (χ0v) is 18.3. The predicted molar refractivity (Wildman–Crippen MR) is 128 cm³/mol. The van der Waals surface area contributed by atoms with Gasteiger partial charge < -0.3 is 10.2 Å². The lowest BCUT2D eigenvalue weighted by Crippen LogP contribution is -2.21. The molecule has 0 aliphatic carbocycles. The van der Waals surface area contributed by atoms with Crippen LogP contribution in [0.1, 0.15) is 21.6 Å². The van der Waals surface area contributed by atoms with E-state index in [-0.39, 0.29) is 11.6 Å². The summed E-state index contributed by atoms with van der Waals surface area (Å²) < 4.78 is 1.66. The van der Waals surface area contributed by atoms with Crippen molar-refractivity contribution in [1.29, 1.82) is 5.26 Å². The number of rotatable bonds is 6. The average Bonchev–Trinajstić information content (AvgIpc) is 3.53. The first-order valence-electron chi connectivity index (χ1n) is 10.6. The van der Waals surface area contributed by atoms with Crippen LogP contribution < -0.4 is 10.2 Å². The van der Waals surface area contributed by atoms with Gasteiger partial charge in [0.25, 0.3) is 5.91 Å². The Morgan fingerprint density at radius 3 is 2.65 bits per heavy atom. The normalized spacial score (nSPS) is 10.7. The largest absolute Gasteiger partial charge is 0.365 e. The number of nitrogens with one attached hydrogen (secondary N) is 2. The molecule has 9 heteroatoms. The van der Waals surface area contributed by atoms with E-state index in [0.717, 1.165) is 16.8 Å². The highest BCUT2D eigenvalue weighted by atomic mass is 16.2. The van der Waals surface area contributed by atoms with Gasteiger partial charge >= 0.3 is 0 Å². The minimum Gasteiger partial charge on any atom is -0.365 e. The number of nitriles is 1. The van der Waals surface area contributed by atoms with E-state index in [1.165, 1.54) is 0 Å². The molecule has 3 heterocycles. The molecule has 0 spiro atoms. The average molecular weight is 448 g/mol. The highest BCUT2D eigenvalue weighted by molar-refractivity contribution is 6.09. The molecule has 0 aliphatic rings. The summed E-state index contributed by atoms with van der Waals surface area (Å²) in [6.45, 7) is 0.566. The number of carbonyl (C=O) groups excluding carboxylic acids is 1. The molecule has 34 heavy (non-hydrogen) atoms. The number of anilines is 2. The molecular formula is C25H20N8O. The van der Waals surface area contributed by atoms with Gasteiger partial charge in [0.1, 0.15) is 5.69 Å². The van der Waals surface area contributed by atoms with Crippen LogP contribution in [-0.2, 0) is 6.54 Å². The molecule has 0 atom stereocenters. The molecule has 166 valence electrons. The fourth-order valence-electron chi connectivity index (χ4n) is 3.80. The molecule has 2 aromatic carbocycles. The number of carbonyl (C=O) groups is 1. The number of aromatic nitrogens is 5. The summed E-state index contributed by atoms with van der Waals surface area (Å²) in [7, 11) is 1.91. The van der Waals surface area contributed by atoms with Crippen molar-refractivity contribution in [3.8, 4) is 17.3 Å². The summed E-state index contributed by atoms with van der Waals surface area (Å²) in [5.41, 5.74) is 5.17. The van der Waals surface area contributed by atoms with E-state index in [0.29, 0.717) is 29.1 Å². The van der Waals surface area contributed by atoms with E-state index < -0.39 is 0 Å². The molecule has 0 saturated carbocycles. The Labute approximate surface area is 195 Å². The van der Waals surface area contributed by atoms with Crippen LogP contribution in [0, 0.1) is 11.3 Å². The molecule has 3 aromatic heterocycles. The fraction of sp³-hybridized carbons (Fsp3) is 0.0800. The Morgan fingerprint density at radius 1 is 1.15 bits per heavy atom. The van der Waals surface area contributed by atoms with Crippen molar-refractivity contribution >= 4 is 22.9 Å². The molecule has 0 bridgehead atoms. The zero-order chi connectivity index (χ0) is 23.5. The van der Waals surface area contributed by atoms with Crippen LogP contribution in [0.15, 0.2) is 79.3 Å². The van der Waals surface area contributed by atoms with Crippen LogP contribution in [0.5, 0.6) is 0 Å². The molecule has 2 N–H and O–H groups in total. The van der Waals surface area contributed by atoms with E-state index in [9.17, 15) is 4.79 Å². The highest BCUT2D eigenvalue weighted by Crippen LogP contribution is 2.30. The number of hydrogen-bond donors (Lipinski definition) is 2. The lowest BCUT2D eigenvalue weighted by Gasteiger charge is -2.19. The first kappa shape index (κ1) is 20.9. The van der Waals surface area contributed by atoms with Crippen LogP contribution in [0.25, 0.3) is 16.9 Å². The van der Waals surface area contributed by atoms with Crippen LogP contribution in [0.4, 0.5) is 11.4 Å². The summed E-state index contributed by atoms with van der Waals surface area (Å²) >= 11 is 0. The third-order valence-corrected chi connectivity index (χ3v) is 5.42. The van der Waals surface area contributed by atoms with E-state index in [2.05, 4.69) is 31.7 Å². The number of fused-ring (bicyclic) bond motifs is 1. The quantitative estimate of drug-likeness (QED) is 0.407. The molecule has 9 nitrogen and oxygen atoms in total. The van der Waals surface area contributed by atoms with Gasteiger partial charge in [0.05, 0.1) is 23.5 Å². The van der Waals surface area contributed by atoms with Gasteiger partial charge in [-0.05, 0) is 35.9 Å². The summed E-state index contributed by atoms with van der Waals surface area (Å²) in [5.74, 6) is -0.372. The SMILES string of the molecule is CN(Cc1ccccc1)c1c(C(=O)Nc2ccc(C#N)cc2)nn2c(-c3cn[nH]c3)ccnc12. The van der Waals surface area contributed by atoms with E-state index in [4.69, 9.17) is 5.26 Å². The summed E-state index contributed by atoms with van der Waals surface area (Å²) in [6.07, 6.45) is 5.15. The Kier molecular flexibility index (Phi) is 5.46. The molecule has 1 amide bonds. The molecule has 0 radical (unpaired) electrons. The van der Waals surface area contributed by atoms with Gasteiger partial charge in [-0.3, -0.25) is 9.89 Å². The van der Waals surface area contributed by atoms with Gasteiger partial charge in [0.15, 0.2) is 11.3 Å². The maximum atomic E-state index is 13.4. The topological polar surface area (TPSA) is 115 Å². The number of hydrogen-bond acceptors (Lipinski definition) is 6. The minimum absolute atomic E-state index is 0.242. The Bertz CT molecular complexity index is 1480. The zero-order valence-electron chi connectivity index (χ0n) is 18.3. The summed E-state index contributed by atoms with van der Waals surface area (Å²) in [6, 6.07) is 20.6. The maximum Gasteiger partial charge on any atom is 0.278 e. The van der Waals surface area contributed by atoms with E-state index in [1.807, 2.05) is 48.3 Å². The van der Waals surface area contributed by atoms with Crippen molar-refractivity contribution in [1.82, 2.24) is 24.8 Å². The number of aromatic amines is 1. The minimum atomic E-state index is -0.372. The standard InChI is InChI=1S/C25H20N8O/c1-32(16-18-5-3-2-4-6-18)23-22(25(34)30-20-9-7-17(13-26)8-10-20)31-33-21(11-12-27-24(23)33)19-14-28-29-15-19/h2-12,14-15H,16H2,1H3,(H,28,29)(H,30,34). The van der Waals surface area contributed by atoms with Gasteiger partial charge in [-0.15, -0.1) is 0 Å². The summed E-state index contributed by atoms with van der Waals surface area (Å²) in [5, 5.41) is 23.4. The first-order valence-corrected chi connectivity index (χ1v) is 10.6. The third kappa shape index (κ3) is 3.96. The molecule has 5 rings (SSSR count). The van der Waals surface area contributed by atoms with Gasteiger partial charge in [-0.25, -0.2) is 9.50 Å². The second-order valence-electron chi connectivity index (χ2n) is 7.73. The van der Waals surface area contributed by atoms with Crippen molar-refractivity contribution in [3.63, 3.8) is 0 Å². The molecule has 0 aliphatic heterocycles. The van der Waals surface area contributed by atoms with Crippen molar-refractivity contribution in [2.24, 2.45) is 0 Å². The number of nitrogens with zero attached hydrogens (tertiary/aromatic N) is 6. The maximum absolute atomic E-state index is 13.4. The van der Waals surface area contributed by atoms with E-state index in [1.54, 1.807) is 47.4 Å². The molecule has 0 fully saturated rings. The Balaban J connectivity index is 1.59. The molecule has 0 unspecified atom stereocenters. The lowest BCUT2D eigenvalue weighted by atomic mass is 10.2. The monoisotopic (exact) mass is 448 g/mol.